The molecule has 5 rings (SSSR count). The van der Waals surface area contributed by atoms with Gasteiger partial charge in [-0.15, -0.1) is 11.3 Å². The number of pyridine rings is 1. The van der Waals surface area contributed by atoms with E-state index in [0.717, 1.165) is 11.5 Å². The number of amides is 2. The average Bonchev–Trinajstić information content (AvgIpc) is 3.42. The number of thiazole rings is 1. The van der Waals surface area contributed by atoms with Gasteiger partial charge >= 0.3 is 6.18 Å². The van der Waals surface area contributed by atoms with E-state index >= 15 is 0 Å². The standard InChI is InChI=1S/C25H19F3N4O2S/c26-25(27,28)20-13-17(6-7-18(20)19-5-1-3-16-4-2-8-29-22(16)19)23(33)31-9-11-32(12-10-31)24(34)21-14-35-15-30-21/h1-8,13-15H,9-12H2. The maximum absolute atomic E-state index is 14.1. The lowest BCUT2D eigenvalue weighted by Crippen LogP contribution is -2.50. The van der Waals surface area contributed by atoms with Crippen molar-refractivity contribution in [3.63, 3.8) is 0 Å². The van der Waals surface area contributed by atoms with Crippen LogP contribution in [-0.4, -0.2) is 57.8 Å². The first kappa shape index (κ1) is 23.0. The molecule has 0 atom stereocenters. The lowest BCUT2D eigenvalue weighted by molar-refractivity contribution is -0.137. The van der Waals surface area contributed by atoms with Gasteiger partial charge in [0.25, 0.3) is 11.8 Å². The molecule has 1 fully saturated rings. The van der Waals surface area contributed by atoms with Gasteiger partial charge in [0.2, 0.25) is 0 Å². The van der Waals surface area contributed by atoms with Crippen LogP contribution in [0.2, 0.25) is 0 Å². The van der Waals surface area contributed by atoms with Gasteiger partial charge in [-0.25, -0.2) is 4.98 Å². The minimum absolute atomic E-state index is 0.0305. The molecule has 0 unspecified atom stereocenters. The number of hydrogen-bond acceptors (Lipinski definition) is 5. The van der Waals surface area contributed by atoms with Gasteiger partial charge in [-0.2, -0.15) is 13.2 Å². The smallest absolute Gasteiger partial charge is 0.335 e. The Morgan fingerprint density at radius 3 is 2.26 bits per heavy atom. The normalized spacial score (nSPS) is 14.4. The number of aromatic nitrogens is 2. The predicted octanol–water partition coefficient (Wildman–Crippen LogP) is 4.98. The quantitative estimate of drug-likeness (QED) is 0.402. The van der Waals surface area contributed by atoms with Crippen molar-refractivity contribution in [2.24, 2.45) is 0 Å². The number of piperazine rings is 1. The van der Waals surface area contributed by atoms with Gasteiger partial charge in [-0.3, -0.25) is 14.6 Å². The monoisotopic (exact) mass is 496 g/mol. The maximum Gasteiger partial charge on any atom is 0.417 e. The minimum atomic E-state index is -4.67. The first-order valence-electron chi connectivity index (χ1n) is 10.8. The Hall–Kier alpha value is -3.79. The molecule has 10 heteroatoms. The van der Waals surface area contributed by atoms with Crippen LogP contribution in [0.25, 0.3) is 22.0 Å². The van der Waals surface area contributed by atoms with E-state index in [-0.39, 0.29) is 43.2 Å². The third kappa shape index (κ3) is 4.49. The van der Waals surface area contributed by atoms with Crippen LogP contribution >= 0.6 is 11.3 Å². The molecule has 0 radical (unpaired) electrons. The topological polar surface area (TPSA) is 66.4 Å². The maximum atomic E-state index is 14.1. The van der Waals surface area contributed by atoms with Gasteiger partial charge in [0, 0.05) is 54.3 Å². The Balaban J connectivity index is 1.41. The Morgan fingerprint density at radius 1 is 0.857 bits per heavy atom. The molecule has 0 aliphatic carbocycles. The zero-order valence-corrected chi connectivity index (χ0v) is 19.1. The molecule has 35 heavy (non-hydrogen) atoms. The van der Waals surface area contributed by atoms with Gasteiger partial charge in [0.1, 0.15) is 5.69 Å². The van der Waals surface area contributed by atoms with Gasteiger partial charge in [-0.1, -0.05) is 30.3 Å². The molecule has 3 heterocycles. The Labute approximate surface area is 202 Å². The Bertz CT molecular complexity index is 1390. The van der Waals surface area contributed by atoms with Crippen LogP contribution in [0.1, 0.15) is 26.4 Å². The van der Waals surface area contributed by atoms with E-state index in [2.05, 4.69) is 9.97 Å². The molecule has 2 aromatic carbocycles. The summed E-state index contributed by atoms with van der Waals surface area (Å²) in [4.78, 5) is 36.9. The number of benzene rings is 2. The van der Waals surface area contributed by atoms with Crippen LogP contribution in [0, 0.1) is 0 Å². The van der Waals surface area contributed by atoms with Crippen molar-refractivity contribution < 1.29 is 22.8 Å². The number of hydrogen-bond donors (Lipinski definition) is 0. The third-order valence-electron chi connectivity index (χ3n) is 6.00. The van der Waals surface area contributed by atoms with Crippen molar-refractivity contribution >= 4 is 34.1 Å². The second-order valence-corrected chi connectivity index (χ2v) is 8.82. The van der Waals surface area contributed by atoms with E-state index in [9.17, 15) is 22.8 Å². The van der Waals surface area contributed by atoms with Crippen molar-refractivity contribution in [2.45, 2.75) is 6.18 Å². The fraction of sp³-hybridized carbons (Fsp3) is 0.200. The number of carbonyl (C=O) groups excluding carboxylic acids is 2. The zero-order valence-electron chi connectivity index (χ0n) is 18.3. The molecule has 178 valence electrons. The fourth-order valence-electron chi connectivity index (χ4n) is 4.24. The van der Waals surface area contributed by atoms with Crippen LogP contribution < -0.4 is 0 Å². The number of alkyl halides is 3. The van der Waals surface area contributed by atoms with E-state index in [1.807, 2.05) is 0 Å². The molecule has 1 aliphatic rings. The molecule has 2 aromatic heterocycles. The summed E-state index contributed by atoms with van der Waals surface area (Å²) in [7, 11) is 0. The van der Waals surface area contributed by atoms with Crippen molar-refractivity contribution in [1.29, 1.82) is 0 Å². The summed E-state index contributed by atoms with van der Waals surface area (Å²) in [6.07, 6.45) is -3.13. The Kier molecular flexibility index (Phi) is 5.98. The van der Waals surface area contributed by atoms with E-state index in [1.165, 1.54) is 34.6 Å². The van der Waals surface area contributed by atoms with Crippen LogP contribution in [0.4, 0.5) is 13.2 Å². The molecule has 2 amide bonds. The van der Waals surface area contributed by atoms with E-state index < -0.39 is 17.6 Å². The molecule has 0 N–H and O–H groups in total. The molecular weight excluding hydrogens is 477 g/mol. The number of nitrogens with zero attached hydrogens (tertiary/aromatic N) is 4. The van der Waals surface area contributed by atoms with Crippen LogP contribution in [0.3, 0.4) is 0 Å². The van der Waals surface area contributed by atoms with E-state index in [4.69, 9.17) is 0 Å². The molecule has 1 saturated heterocycles. The SMILES string of the molecule is O=C(c1ccc(-c2cccc3cccnc23)c(C(F)(F)F)c1)N1CCN(C(=O)c2cscn2)CC1. The minimum Gasteiger partial charge on any atom is -0.335 e. The lowest BCUT2D eigenvalue weighted by atomic mass is 9.94. The molecule has 6 nitrogen and oxygen atoms in total. The molecule has 0 bridgehead atoms. The summed E-state index contributed by atoms with van der Waals surface area (Å²) < 4.78 is 42.3. The molecule has 0 spiro atoms. The average molecular weight is 497 g/mol. The Morgan fingerprint density at radius 2 is 1.57 bits per heavy atom. The summed E-state index contributed by atoms with van der Waals surface area (Å²) in [5.74, 6) is -0.718. The van der Waals surface area contributed by atoms with E-state index in [1.54, 1.807) is 46.1 Å². The van der Waals surface area contributed by atoms with Crippen molar-refractivity contribution in [3.05, 3.63) is 82.4 Å². The summed E-state index contributed by atoms with van der Waals surface area (Å²) >= 11 is 1.32. The van der Waals surface area contributed by atoms with Crippen molar-refractivity contribution in [3.8, 4) is 11.1 Å². The number of halogens is 3. The molecule has 4 aromatic rings. The predicted molar refractivity (Wildman–Crippen MR) is 126 cm³/mol. The third-order valence-corrected chi connectivity index (χ3v) is 6.59. The highest BCUT2D eigenvalue weighted by Gasteiger charge is 2.35. The summed E-state index contributed by atoms with van der Waals surface area (Å²) in [5, 5.41) is 2.38. The second kappa shape index (κ2) is 9.10. The summed E-state index contributed by atoms with van der Waals surface area (Å²) in [6.45, 7) is 1.03. The number of rotatable bonds is 3. The highest BCUT2D eigenvalue weighted by molar-refractivity contribution is 7.07. The fourth-order valence-corrected chi connectivity index (χ4v) is 4.77. The van der Waals surface area contributed by atoms with Crippen molar-refractivity contribution in [2.75, 3.05) is 26.2 Å². The second-order valence-electron chi connectivity index (χ2n) is 8.10. The van der Waals surface area contributed by atoms with Gasteiger partial charge in [0.05, 0.1) is 16.6 Å². The van der Waals surface area contributed by atoms with Crippen LogP contribution in [-0.2, 0) is 6.18 Å². The number of carbonyl (C=O) groups is 2. The van der Waals surface area contributed by atoms with Crippen LogP contribution in [0.15, 0.2) is 65.6 Å². The largest absolute Gasteiger partial charge is 0.417 e. The van der Waals surface area contributed by atoms with Crippen LogP contribution in [0.5, 0.6) is 0 Å². The zero-order chi connectivity index (χ0) is 24.6. The van der Waals surface area contributed by atoms with Gasteiger partial charge in [0.15, 0.2) is 0 Å². The first-order valence-corrected chi connectivity index (χ1v) is 11.8. The first-order chi connectivity index (χ1) is 16.8. The molecule has 0 saturated carbocycles. The number of fused-ring (bicyclic) bond motifs is 1. The van der Waals surface area contributed by atoms with Crippen molar-refractivity contribution in [1.82, 2.24) is 19.8 Å². The molecule has 1 aliphatic heterocycles. The van der Waals surface area contributed by atoms with Gasteiger partial charge < -0.3 is 9.80 Å². The highest BCUT2D eigenvalue weighted by atomic mass is 32.1. The van der Waals surface area contributed by atoms with E-state index in [0.29, 0.717) is 16.8 Å². The summed E-state index contributed by atoms with van der Waals surface area (Å²) in [6, 6.07) is 12.2. The number of para-hydroxylation sites is 1. The summed E-state index contributed by atoms with van der Waals surface area (Å²) in [5.41, 5.74) is 1.76. The highest BCUT2D eigenvalue weighted by Crippen LogP contribution is 2.39. The molecular formula is C25H19F3N4O2S. The van der Waals surface area contributed by atoms with Gasteiger partial charge in [-0.05, 0) is 23.8 Å². The lowest BCUT2D eigenvalue weighted by Gasteiger charge is -2.34.